The second kappa shape index (κ2) is 12.3. The highest BCUT2D eigenvalue weighted by Crippen LogP contribution is 2.36. The largest absolute Gasteiger partial charge is 0.490 e. The monoisotopic (exact) mass is 561 g/mol. The molecule has 3 aromatic rings. The Bertz CT molecular complexity index is 1530. The summed E-state index contributed by atoms with van der Waals surface area (Å²) >= 11 is 6.04. The van der Waals surface area contributed by atoms with Crippen molar-refractivity contribution in [2.75, 3.05) is 11.5 Å². The van der Waals surface area contributed by atoms with E-state index in [9.17, 15) is 24.5 Å². The number of carbonyl (C=O) groups is 3. The maximum absolute atomic E-state index is 13.3. The highest BCUT2D eigenvalue weighted by atomic mass is 35.5. The van der Waals surface area contributed by atoms with Gasteiger partial charge in [-0.2, -0.15) is 0 Å². The minimum absolute atomic E-state index is 0.0274. The topological polar surface area (TPSA) is 128 Å². The Labute approximate surface area is 234 Å². The Balaban J connectivity index is 1.69. The highest BCUT2D eigenvalue weighted by Gasteiger charge is 2.37. The third-order valence-corrected chi connectivity index (χ3v) is 6.06. The Morgan fingerprint density at radius 3 is 2.48 bits per heavy atom. The molecule has 11 heteroatoms. The van der Waals surface area contributed by atoms with Crippen LogP contribution in [0.5, 0.6) is 11.5 Å². The molecular weight excluding hydrogens is 538 g/mol. The lowest BCUT2D eigenvalue weighted by molar-refractivity contribution is -0.384. The van der Waals surface area contributed by atoms with Crippen molar-refractivity contribution in [2.24, 2.45) is 0 Å². The number of carbonyl (C=O) groups excluding carboxylic acids is 3. The number of rotatable bonds is 10. The van der Waals surface area contributed by atoms with E-state index in [4.69, 9.17) is 21.1 Å². The van der Waals surface area contributed by atoms with Crippen LogP contribution < -0.4 is 19.7 Å². The third kappa shape index (κ3) is 6.19. The number of hydrogen-bond acceptors (Lipinski definition) is 7. The molecule has 10 nitrogen and oxygen atoms in total. The van der Waals surface area contributed by atoms with E-state index in [0.717, 1.165) is 4.90 Å². The lowest BCUT2D eigenvalue weighted by Crippen LogP contribution is -2.54. The molecule has 204 valence electrons. The van der Waals surface area contributed by atoms with Crippen LogP contribution in [0.1, 0.15) is 23.6 Å². The number of hydrogen-bond donors (Lipinski definition) is 1. The van der Waals surface area contributed by atoms with Gasteiger partial charge in [-0.1, -0.05) is 23.7 Å². The molecule has 40 heavy (non-hydrogen) atoms. The first-order valence-electron chi connectivity index (χ1n) is 12.2. The first-order chi connectivity index (χ1) is 19.2. The van der Waals surface area contributed by atoms with Gasteiger partial charge in [0.05, 0.1) is 17.2 Å². The summed E-state index contributed by atoms with van der Waals surface area (Å²) in [5.41, 5.74) is 1.76. The number of imide groups is 2. The molecule has 1 N–H and O–H groups in total. The van der Waals surface area contributed by atoms with Crippen molar-refractivity contribution in [2.45, 2.75) is 20.0 Å². The van der Waals surface area contributed by atoms with Crippen molar-refractivity contribution in [3.63, 3.8) is 0 Å². The lowest BCUT2D eigenvalue weighted by atomic mass is 10.0. The molecule has 1 aliphatic heterocycles. The number of nitrogens with one attached hydrogen (secondary N) is 1. The quantitative estimate of drug-likeness (QED) is 0.112. The Morgan fingerprint density at radius 2 is 1.82 bits per heavy atom. The fourth-order valence-corrected chi connectivity index (χ4v) is 4.23. The van der Waals surface area contributed by atoms with Crippen molar-refractivity contribution < 1.29 is 28.8 Å². The number of halogens is 1. The van der Waals surface area contributed by atoms with Crippen LogP contribution in [0.25, 0.3) is 6.08 Å². The SMILES string of the molecule is C=CCc1cc(/C=C2\C(=O)NC(=O)N(c3cccc(Cl)c3)C2=O)cc(OCC)c1OCc1ccc([N+](=O)[O-])cc1. The average Bonchev–Trinajstić information content (AvgIpc) is 2.91. The van der Waals surface area contributed by atoms with Gasteiger partial charge in [-0.3, -0.25) is 25.0 Å². The number of urea groups is 1. The molecule has 1 fully saturated rings. The van der Waals surface area contributed by atoms with Crippen molar-refractivity contribution in [3.8, 4) is 11.5 Å². The molecule has 1 aliphatic rings. The number of nitro benzene ring substituents is 1. The minimum atomic E-state index is -0.883. The number of allylic oxidation sites excluding steroid dienone is 1. The summed E-state index contributed by atoms with van der Waals surface area (Å²) in [7, 11) is 0. The molecule has 4 amide bonds. The molecule has 0 spiro atoms. The van der Waals surface area contributed by atoms with Gasteiger partial charge >= 0.3 is 6.03 Å². The summed E-state index contributed by atoms with van der Waals surface area (Å²) in [6.45, 7) is 6.01. The Hall–Kier alpha value is -4.96. The minimum Gasteiger partial charge on any atom is -0.490 e. The normalized spacial score (nSPS) is 14.2. The van der Waals surface area contributed by atoms with Gasteiger partial charge in [0.1, 0.15) is 12.2 Å². The summed E-state index contributed by atoms with van der Waals surface area (Å²) in [5, 5.41) is 13.4. The second-order valence-corrected chi connectivity index (χ2v) is 9.02. The van der Waals surface area contributed by atoms with Crippen molar-refractivity contribution in [3.05, 3.63) is 111 Å². The van der Waals surface area contributed by atoms with Crippen molar-refractivity contribution >= 4 is 46.9 Å². The number of anilines is 1. The zero-order valence-electron chi connectivity index (χ0n) is 21.4. The maximum Gasteiger partial charge on any atom is 0.335 e. The number of nitrogens with zero attached hydrogens (tertiary/aromatic N) is 2. The van der Waals surface area contributed by atoms with Gasteiger partial charge in [0.15, 0.2) is 11.5 Å². The number of amides is 4. The first kappa shape index (κ1) is 28.1. The van der Waals surface area contributed by atoms with Crippen LogP contribution in [0.3, 0.4) is 0 Å². The van der Waals surface area contributed by atoms with E-state index in [1.54, 1.807) is 49.4 Å². The Morgan fingerprint density at radius 1 is 1.07 bits per heavy atom. The summed E-state index contributed by atoms with van der Waals surface area (Å²) in [4.78, 5) is 49.8. The lowest BCUT2D eigenvalue weighted by Gasteiger charge is -2.26. The number of barbiturate groups is 1. The first-order valence-corrected chi connectivity index (χ1v) is 12.5. The van der Waals surface area contributed by atoms with Gasteiger partial charge in [0.2, 0.25) is 0 Å². The van der Waals surface area contributed by atoms with E-state index in [0.29, 0.717) is 46.2 Å². The van der Waals surface area contributed by atoms with Crippen molar-refractivity contribution in [1.29, 1.82) is 0 Å². The van der Waals surface area contributed by atoms with Crippen LogP contribution in [0.15, 0.2) is 78.9 Å². The standard InChI is InChI=1S/C29H24ClN3O7/c1-3-6-20-13-19(14-24-27(34)31-29(36)32(28(24)35)23-8-5-7-21(30)16-23)15-25(39-4-2)26(20)40-17-18-9-11-22(12-10-18)33(37)38/h3,5,7-16H,1,4,6,17H2,2H3,(H,31,34,36)/b24-14+. The van der Waals surface area contributed by atoms with Crippen LogP contribution in [-0.4, -0.2) is 29.4 Å². The van der Waals surface area contributed by atoms with E-state index >= 15 is 0 Å². The van der Waals surface area contributed by atoms with Crippen LogP contribution in [-0.2, 0) is 22.6 Å². The van der Waals surface area contributed by atoms with Gasteiger partial charge in [-0.25, -0.2) is 9.69 Å². The summed E-state index contributed by atoms with van der Waals surface area (Å²) in [6, 6.07) is 14.6. The molecule has 1 saturated heterocycles. The molecule has 0 aliphatic carbocycles. The number of non-ortho nitro benzene ring substituents is 1. The zero-order chi connectivity index (χ0) is 28.8. The van der Waals surface area contributed by atoms with Crippen LogP contribution >= 0.6 is 11.6 Å². The van der Waals surface area contributed by atoms with E-state index in [1.807, 2.05) is 0 Å². The highest BCUT2D eigenvalue weighted by molar-refractivity contribution is 6.39. The van der Waals surface area contributed by atoms with Gasteiger partial charge in [-0.05, 0) is 73.0 Å². The van der Waals surface area contributed by atoms with Crippen LogP contribution in [0, 0.1) is 10.1 Å². The molecule has 0 bridgehead atoms. The summed E-state index contributed by atoms with van der Waals surface area (Å²) < 4.78 is 11.9. The Kier molecular flexibility index (Phi) is 8.60. The van der Waals surface area contributed by atoms with Gasteiger partial charge in [0.25, 0.3) is 17.5 Å². The molecule has 0 radical (unpaired) electrons. The van der Waals surface area contributed by atoms with Crippen LogP contribution in [0.4, 0.5) is 16.2 Å². The molecule has 0 atom stereocenters. The number of ether oxygens (including phenoxy) is 2. The molecule has 0 aromatic heterocycles. The predicted molar refractivity (Wildman–Crippen MR) is 149 cm³/mol. The van der Waals surface area contributed by atoms with E-state index in [-0.39, 0.29) is 23.6 Å². The molecule has 3 aromatic carbocycles. The third-order valence-electron chi connectivity index (χ3n) is 5.83. The van der Waals surface area contributed by atoms with Crippen LogP contribution in [0.2, 0.25) is 5.02 Å². The van der Waals surface area contributed by atoms with E-state index < -0.39 is 22.8 Å². The molecule has 4 rings (SSSR count). The zero-order valence-corrected chi connectivity index (χ0v) is 22.1. The second-order valence-electron chi connectivity index (χ2n) is 8.58. The average molecular weight is 562 g/mol. The molecular formula is C29H24ClN3O7. The number of nitro groups is 1. The van der Waals surface area contributed by atoms with Crippen molar-refractivity contribution in [1.82, 2.24) is 5.32 Å². The number of benzene rings is 3. The molecule has 0 saturated carbocycles. The smallest absolute Gasteiger partial charge is 0.335 e. The summed E-state index contributed by atoms with van der Waals surface area (Å²) in [6.07, 6.45) is 3.41. The fourth-order valence-electron chi connectivity index (χ4n) is 4.04. The molecule has 0 unspecified atom stereocenters. The van der Waals surface area contributed by atoms with E-state index in [2.05, 4.69) is 11.9 Å². The van der Waals surface area contributed by atoms with Gasteiger partial charge < -0.3 is 9.47 Å². The maximum atomic E-state index is 13.3. The molecule has 1 heterocycles. The predicted octanol–water partition coefficient (Wildman–Crippen LogP) is 5.62. The van der Waals surface area contributed by atoms with Gasteiger partial charge in [0, 0.05) is 22.7 Å². The fraction of sp³-hybridized carbons (Fsp3) is 0.138. The van der Waals surface area contributed by atoms with E-state index in [1.165, 1.54) is 30.3 Å². The summed E-state index contributed by atoms with van der Waals surface area (Å²) in [5.74, 6) is -0.854. The van der Waals surface area contributed by atoms with Gasteiger partial charge in [-0.15, -0.1) is 6.58 Å².